The Balaban J connectivity index is 1.73. The summed E-state index contributed by atoms with van der Waals surface area (Å²) >= 11 is 0. The van der Waals surface area contributed by atoms with Crippen LogP contribution in [0.4, 0.5) is 0 Å². The van der Waals surface area contributed by atoms with Gasteiger partial charge in [0.25, 0.3) is 0 Å². The number of sulfone groups is 1. The fourth-order valence-electron chi connectivity index (χ4n) is 3.43. The summed E-state index contributed by atoms with van der Waals surface area (Å²) in [6.07, 6.45) is 1.94. The SMILES string of the molecule is O=S1(=O)C/C(=C\c2ccccc2)C2=NNC(c3ccccc3)C2C1. The lowest BCUT2D eigenvalue weighted by atomic mass is 9.88. The van der Waals surface area contributed by atoms with E-state index in [1.807, 2.05) is 66.7 Å². The van der Waals surface area contributed by atoms with Crippen molar-refractivity contribution in [2.75, 3.05) is 11.5 Å². The zero-order chi connectivity index (χ0) is 16.6. The van der Waals surface area contributed by atoms with Gasteiger partial charge in [-0.2, -0.15) is 5.10 Å². The average Bonchev–Trinajstić information content (AvgIpc) is 2.99. The molecule has 2 atom stereocenters. The number of hydrogen-bond donors (Lipinski definition) is 1. The highest BCUT2D eigenvalue weighted by atomic mass is 32.2. The van der Waals surface area contributed by atoms with Gasteiger partial charge in [0.2, 0.25) is 0 Å². The molecule has 0 spiro atoms. The van der Waals surface area contributed by atoms with E-state index in [1.165, 1.54) is 0 Å². The molecule has 2 unspecified atom stereocenters. The van der Waals surface area contributed by atoms with E-state index in [1.54, 1.807) is 0 Å². The number of nitrogens with one attached hydrogen (secondary N) is 1. The molecule has 0 aromatic heterocycles. The van der Waals surface area contributed by atoms with Gasteiger partial charge >= 0.3 is 0 Å². The first-order valence-corrected chi connectivity index (χ1v) is 9.79. The molecular formula is C19H18N2O2S. The molecule has 0 saturated carbocycles. The lowest BCUT2D eigenvalue weighted by Gasteiger charge is -2.26. The van der Waals surface area contributed by atoms with E-state index in [-0.39, 0.29) is 23.5 Å². The van der Waals surface area contributed by atoms with Gasteiger partial charge in [-0.05, 0) is 22.8 Å². The second-order valence-corrected chi connectivity index (χ2v) is 8.36. The Morgan fingerprint density at radius 2 is 1.67 bits per heavy atom. The highest BCUT2D eigenvalue weighted by Gasteiger charge is 2.42. The highest BCUT2D eigenvalue weighted by molar-refractivity contribution is 7.91. The number of rotatable bonds is 2. The van der Waals surface area contributed by atoms with Gasteiger partial charge in [0.15, 0.2) is 9.84 Å². The van der Waals surface area contributed by atoms with Crippen LogP contribution in [-0.4, -0.2) is 25.6 Å². The van der Waals surface area contributed by atoms with Crippen molar-refractivity contribution < 1.29 is 8.42 Å². The highest BCUT2D eigenvalue weighted by Crippen LogP contribution is 2.35. The molecule has 0 amide bonds. The molecule has 4 rings (SSSR count). The molecule has 24 heavy (non-hydrogen) atoms. The van der Waals surface area contributed by atoms with Crippen LogP contribution in [0.2, 0.25) is 0 Å². The van der Waals surface area contributed by atoms with Gasteiger partial charge in [-0.1, -0.05) is 60.7 Å². The van der Waals surface area contributed by atoms with Crippen LogP contribution in [0.3, 0.4) is 0 Å². The Morgan fingerprint density at radius 1 is 1.00 bits per heavy atom. The number of fused-ring (bicyclic) bond motifs is 1. The first kappa shape index (κ1) is 15.1. The minimum absolute atomic E-state index is 0.0560. The van der Waals surface area contributed by atoms with Crippen LogP contribution in [0.15, 0.2) is 71.3 Å². The van der Waals surface area contributed by atoms with Gasteiger partial charge in [0.1, 0.15) is 0 Å². The summed E-state index contributed by atoms with van der Waals surface area (Å²) in [6.45, 7) is 0. The molecule has 0 aliphatic carbocycles. The molecule has 2 aliphatic rings. The Morgan fingerprint density at radius 3 is 2.38 bits per heavy atom. The maximum Gasteiger partial charge on any atom is 0.155 e. The van der Waals surface area contributed by atoms with E-state index in [2.05, 4.69) is 10.5 Å². The molecule has 4 nitrogen and oxygen atoms in total. The fourth-order valence-corrected chi connectivity index (χ4v) is 5.15. The molecule has 1 saturated heterocycles. The summed E-state index contributed by atoms with van der Waals surface area (Å²) in [6, 6.07) is 19.6. The molecule has 2 aliphatic heterocycles. The van der Waals surface area contributed by atoms with Crippen molar-refractivity contribution in [2.45, 2.75) is 6.04 Å². The number of hydrogen-bond acceptors (Lipinski definition) is 4. The Bertz CT molecular complexity index is 903. The van der Waals surface area contributed by atoms with Gasteiger partial charge in [-0.15, -0.1) is 0 Å². The van der Waals surface area contributed by atoms with Crippen LogP contribution in [0, 0.1) is 5.92 Å². The minimum Gasteiger partial charge on any atom is -0.302 e. The minimum atomic E-state index is -3.14. The smallest absolute Gasteiger partial charge is 0.155 e. The van der Waals surface area contributed by atoms with Crippen molar-refractivity contribution in [3.05, 3.63) is 77.4 Å². The molecule has 122 valence electrons. The molecule has 1 fully saturated rings. The van der Waals surface area contributed by atoms with Crippen LogP contribution in [-0.2, 0) is 9.84 Å². The molecule has 2 aromatic rings. The van der Waals surface area contributed by atoms with E-state index in [0.717, 1.165) is 22.4 Å². The van der Waals surface area contributed by atoms with Crippen LogP contribution in [0.5, 0.6) is 0 Å². The molecule has 2 aromatic carbocycles. The first-order chi connectivity index (χ1) is 11.6. The Kier molecular flexibility index (Phi) is 3.73. The van der Waals surface area contributed by atoms with E-state index in [9.17, 15) is 8.42 Å². The van der Waals surface area contributed by atoms with Gasteiger partial charge in [0.05, 0.1) is 23.3 Å². The predicted octanol–water partition coefficient (Wildman–Crippen LogP) is 2.82. The number of nitrogens with zero attached hydrogens (tertiary/aromatic N) is 1. The van der Waals surface area contributed by atoms with E-state index in [0.29, 0.717) is 0 Å². The number of hydrazone groups is 1. The maximum absolute atomic E-state index is 12.4. The van der Waals surface area contributed by atoms with Gasteiger partial charge in [0, 0.05) is 5.92 Å². The van der Waals surface area contributed by atoms with Gasteiger partial charge in [-0.3, -0.25) is 0 Å². The van der Waals surface area contributed by atoms with Crippen molar-refractivity contribution in [1.82, 2.24) is 5.43 Å². The molecule has 2 heterocycles. The summed E-state index contributed by atoms with van der Waals surface area (Å²) in [5, 5.41) is 4.49. The quantitative estimate of drug-likeness (QED) is 0.916. The van der Waals surface area contributed by atoms with Crippen LogP contribution >= 0.6 is 0 Å². The van der Waals surface area contributed by atoms with Crippen molar-refractivity contribution in [3.63, 3.8) is 0 Å². The standard InChI is InChI=1S/C19H18N2O2S/c22-24(23)12-16(11-14-7-3-1-4-8-14)19-17(13-24)18(20-21-19)15-9-5-2-6-10-15/h1-11,17-18,20H,12-13H2/b16-11+. The Labute approximate surface area is 141 Å². The van der Waals surface area contributed by atoms with Crippen molar-refractivity contribution in [3.8, 4) is 0 Å². The summed E-state index contributed by atoms with van der Waals surface area (Å²) in [5.41, 5.74) is 6.88. The summed E-state index contributed by atoms with van der Waals surface area (Å²) in [4.78, 5) is 0. The van der Waals surface area contributed by atoms with E-state index >= 15 is 0 Å². The summed E-state index contributed by atoms with van der Waals surface area (Å²) in [7, 11) is -3.14. The van der Waals surface area contributed by atoms with Gasteiger partial charge in [-0.25, -0.2) is 8.42 Å². The third kappa shape index (κ3) is 2.87. The normalized spacial score (nSPS) is 26.5. The largest absolute Gasteiger partial charge is 0.302 e. The second kappa shape index (κ2) is 5.91. The third-order valence-electron chi connectivity index (χ3n) is 4.51. The third-order valence-corrected chi connectivity index (χ3v) is 6.13. The summed E-state index contributed by atoms with van der Waals surface area (Å²) in [5.74, 6) is 0.0615. The second-order valence-electron chi connectivity index (χ2n) is 6.26. The van der Waals surface area contributed by atoms with E-state index in [4.69, 9.17) is 0 Å². The zero-order valence-corrected chi connectivity index (χ0v) is 13.9. The number of benzene rings is 2. The van der Waals surface area contributed by atoms with Crippen molar-refractivity contribution in [2.24, 2.45) is 11.0 Å². The molecule has 0 radical (unpaired) electrons. The lowest BCUT2D eigenvalue weighted by molar-refractivity contribution is 0.513. The summed E-state index contributed by atoms with van der Waals surface area (Å²) < 4.78 is 24.9. The average molecular weight is 338 g/mol. The molecule has 1 N–H and O–H groups in total. The monoisotopic (exact) mass is 338 g/mol. The maximum atomic E-state index is 12.4. The van der Waals surface area contributed by atoms with Crippen LogP contribution < -0.4 is 5.43 Å². The zero-order valence-electron chi connectivity index (χ0n) is 13.1. The van der Waals surface area contributed by atoms with Crippen molar-refractivity contribution >= 4 is 21.6 Å². The first-order valence-electron chi connectivity index (χ1n) is 7.97. The predicted molar refractivity (Wildman–Crippen MR) is 96.3 cm³/mol. The topological polar surface area (TPSA) is 58.5 Å². The fraction of sp³-hybridized carbons (Fsp3) is 0.211. The molecule has 0 bridgehead atoms. The van der Waals surface area contributed by atoms with Crippen LogP contribution in [0.25, 0.3) is 6.08 Å². The van der Waals surface area contributed by atoms with Crippen molar-refractivity contribution in [1.29, 1.82) is 0 Å². The molecular weight excluding hydrogens is 320 g/mol. The lowest BCUT2D eigenvalue weighted by Crippen LogP contribution is -2.36. The van der Waals surface area contributed by atoms with E-state index < -0.39 is 9.84 Å². The Hall–Kier alpha value is -2.40. The van der Waals surface area contributed by atoms with Crippen LogP contribution in [0.1, 0.15) is 17.2 Å². The molecule has 5 heteroatoms. The van der Waals surface area contributed by atoms with Gasteiger partial charge < -0.3 is 5.43 Å².